The fourth-order valence-corrected chi connectivity index (χ4v) is 5.23. The second-order valence-corrected chi connectivity index (χ2v) is 10.5. The van der Waals surface area contributed by atoms with Gasteiger partial charge in [-0.05, 0) is 74.8 Å². The molecular weight excluding hydrogens is 496 g/mol. The SMILES string of the molecule is C=CC(=O)Nc1cccc(Oc2nc(N(c3ccc(N4CCN(C)CC4)cc3)C(C)C)nc3ccsc23)c1. The molecule has 8 nitrogen and oxygen atoms in total. The van der Waals surface area contributed by atoms with Gasteiger partial charge in [-0.25, -0.2) is 4.98 Å². The minimum Gasteiger partial charge on any atom is -0.437 e. The average Bonchev–Trinajstić information content (AvgIpc) is 3.39. The zero-order chi connectivity index (χ0) is 26.6. The Morgan fingerprint density at radius 3 is 2.58 bits per heavy atom. The fourth-order valence-electron chi connectivity index (χ4n) is 4.48. The van der Waals surface area contributed by atoms with Gasteiger partial charge in [0.2, 0.25) is 17.7 Å². The highest BCUT2D eigenvalue weighted by molar-refractivity contribution is 7.17. The molecule has 2 aromatic heterocycles. The molecule has 0 spiro atoms. The molecule has 0 unspecified atom stereocenters. The molecule has 9 heteroatoms. The monoisotopic (exact) mass is 528 g/mol. The Morgan fingerprint density at radius 2 is 1.87 bits per heavy atom. The van der Waals surface area contributed by atoms with E-state index in [1.807, 2.05) is 23.6 Å². The van der Waals surface area contributed by atoms with Gasteiger partial charge in [0.15, 0.2) is 0 Å². The van der Waals surface area contributed by atoms with E-state index in [0.29, 0.717) is 23.3 Å². The molecule has 0 radical (unpaired) electrons. The summed E-state index contributed by atoms with van der Waals surface area (Å²) in [5.74, 6) is 1.34. The summed E-state index contributed by atoms with van der Waals surface area (Å²) in [4.78, 5) is 28.4. The number of thiophene rings is 1. The summed E-state index contributed by atoms with van der Waals surface area (Å²) in [6, 6.07) is 18.0. The third-order valence-electron chi connectivity index (χ3n) is 6.49. The number of carbonyl (C=O) groups is 1. The summed E-state index contributed by atoms with van der Waals surface area (Å²) in [7, 11) is 2.17. The highest BCUT2D eigenvalue weighted by Gasteiger charge is 2.21. The van der Waals surface area contributed by atoms with Crippen molar-refractivity contribution in [2.24, 2.45) is 0 Å². The molecule has 0 bridgehead atoms. The van der Waals surface area contributed by atoms with Gasteiger partial charge in [0.25, 0.3) is 0 Å². The van der Waals surface area contributed by atoms with E-state index in [1.165, 1.54) is 23.1 Å². The smallest absolute Gasteiger partial charge is 0.247 e. The van der Waals surface area contributed by atoms with Crippen LogP contribution in [-0.4, -0.2) is 60.0 Å². The van der Waals surface area contributed by atoms with Crippen LogP contribution >= 0.6 is 11.3 Å². The first-order chi connectivity index (χ1) is 18.4. The molecule has 3 heterocycles. The minimum absolute atomic E-state index is 0.117. The molecule has 5 rings (SSSR count). The van der Waals surface area contributed by atoms with Crippen molar-refractivity contribution in [3.05, 3.63) is 72.6 Å². The van der Waals surface area contributed by atoms with E-state index in [4.69, 9.17) is 14.7 Å². The molecule has 0 aliphatic carbocycles. The predicted octanol–water partition coefficient (Wildman–Crippen LogP) is 5.91. The lowest BCUT2D eigenvalue weighted by atomic mass is 10.2. The van der Waals surface area contributed by atoms with Crippen molar-refractivity contribution >= 4 is 50.5 Å². The van der Waals surface area contributed by atoms with Crippen molar-refractivity contribution in [1.29, 1.82) is 0 Å². The Morgan fingerprint density at radius 1 is 1.11 bits per heavy atom. The van der Waals surface area contributed by atoms with E-state index in [-0.39, 0.29) is 11.9 Å². The van der Waals surface area contributed by atoms with Gasteiger partial charge >= 0.3 is 0 Å². The summed E-state index contributed by atoms with van der Waals surface area (Å²) in [5, 5.41) is 4.75. The highest BCUT2D eigenvalue weighted by Crippen LogP contribution is 2.36. The van der Waals surface area contributed by atoms with Gasteiger partial charge in [0.1, 0.15) is 10.4 Å². The number of nitrogens with zero attached hydrogens (tertiary/aromatic N) is 5. The molecule has 1 saturated heterocycles. The van der Waals surface area contributed by atoms with Crippen LogP contribution in [0.15, 0.2) is 72.6 Å². The van der Waals surface area contributed by atoms with Gasteiger partial charge in [-0.15, -0.1) is 11.3 Å². The fraction of sp³-hybridized carbons (Fsp3) is 0.276. The van der Waals surface area contributed by atoms with Gasteiger partial charge in [-0.2, -0.15) is 4.98 Å². The maximum absolute atomic E-state index is 11.7. The van der Waals surface area contributed by atoms with Crippen molar-refractivity contribution in [2.75, 3.05) is 48.3 Å². The Kier molecular flexibility index (Phi) is 7.57. The summed E-state index contributed by atoms with van der Waals surface area (Å²) in [6.45, 7) is 12.0. The quantitative estimate of drug-likeness (QED) is 0.285. The second-order valence-electron chi connectivity index (χ2n) is 9.56. The number of piperazine rings is 1. The van der Waals surface area contributed by atoms with Gasteiger partial charge < -0.3 is 24.8 Å². The number of carbonyl (C=O) groups excluding carboxylic acids is 1. The number of ether oxygens (including phenoxy) is 1. The molecule has 0 saturated carbocycles. The number of benzene rings is 2. The zero-order valence-electron chi connectivity index (χ0n) is 21.9. The van der Waals surface area contributed by atoms with E-state index in [1.54, 1.807) is 12.1 Å². The van der Waals surface area contributed by atoms with Gasteiger partial charge in [0, 0.05) is 55.3 Å². The Hall–Kier alpha value is -3.95. The molecule has 1 amide bonds. The summed E-state index contributed by atoms with van der Waals surface area (Å²) >= 11 is 1.53. The molecule has 38 heavy (non-hydrogen) atoms. The van der Waals surface area contributed by atoms with Gasteiger partial charge in [-0.1, -0.05) is 12.6 Å². The van der Waals surface area contributed by atoms with Crippen LogP contribution < -0.4 is 19.9 Å². The number of hydrogen-bond donors (Lipinski definition) is 1. The van der Waals surface area contributed by atoms with Crippen LogP contribution in [-0.2, 0) is 4.79 Å². The number of amides is 1. The van der Waals surface area contributed by atoms with E-state index in [2.05, 4.69) is 71.8 Å². The predicted molar refractivity (Wildman–Crippen MR) is 156 cm³/mol. The molecular formula is C29H32N6O2S. The molecule has 1 aliphatic heterocycles. The maximum atomic E-state index is 11.7. The van der Waals surface area contributed by atoms with Crippen LogP contribution in [0.5, 0.6) is 11.6 Å². The van der Waals surface area contributed by atoms with Crippen LogP contribution in [0, 0.1) is 0 Å². The van der Waals surface area contributed by atoms with Crippen molar-refractivity contribution < 1.29 is 9.53 Å². The average molecular weight is 529 g/mol. The van der Waals surface area contributed by atoms with E-state index in [9.17, 15) is 4.79 Å². The number of anilines is 4. The number of aromatic nitrogens is 2. The van der Waals surface area contributed by atoms with E-state index in [0.717, 1.165) is 42.1 Å². The second kappa shape index (κ2) is 11.2. The normalized spacial score (nSPS) is 14.1. The number of fused-ring (bicyclic) bond motifs is 1. The van der Waals surface area contributed by atoms with Crippen molar-refractivity contribution in [3.63, 3.8) is 0 Å². The zero-order valence-corrected chi connectivity index (χ0v) is 22.7. The number of hydrogen-bond acceptors (Lipinski definition) is 8. The molecule has 0 atom stereocenters. The van der Waals surface area contributed by atoms with E-state index >= 15 is 0 Å². The number of nitrogens with one attached hydrogen (secondary N) is 1. The third-order valence-corrected chi connectivity index (χ3v) is 7.38. The largest absolute Gasteiger partial charge is 0.437 e. The summed E-state index contributed by atoms with van der Waals surface area (Å²) in [5.41, 5.74) is 3.69. The Bertz CT molecular complexity index is 1430. The Balaban J connectivity index is 1.45. The van der Waals surface area contributed by atoms with Crippen LogP contribution in [0.25, 0.3) is 10.2 Å². The van der Waals surface area contributed by atoms with Gasteiger partial charge in [-0.3, -0.25) is 4.79 Å². The molecule has 196 valence electrons. The summed E-state index contributed by atoms with van der Waals surface area (Å²) < 4.78 is 7.13. The van der Waals surface area contributed by atoms with E-state index < -0.39 is 0 Å². The lowest BCUT2D eigenvalue weighted by Gasteiger charge is -2.34. The van der Waals surface area contributed by atoms with Crippen molar-refractivity contribution in [2.45, 2.75) is 19.9 Å². The first-order valence-corrected chi connectivity index (χ1v) is 13.6. The maximum Gasteiger partial charge on any atom is 0.247 e. The van der Waals surface area contributed by atoms with Crippen molar-refractivity contribution in [3.8, 4) is 11.6 Å². The molecule has 1 fully saturated rings. The van der Waals surface area contributed by atoms with Crippen molar-refractivity contribution in [1.82, 2.24) is 14.9 Å². The molecule has 4 aromatic rings. The lowest BCUT2D eigenvalue weighted by molar-refractivity contribution is -0.111. The Labute approximate surface area is 227 Å². The first kappa shape index (κ1) is 25.7. The van der Waals surface area contributed by atoms with Crippen LogP contribution in [0.1, 0.15) is 13.8 Å². The molecule has 1 aliphatic rings. The number of likely N-dealkylation sites (N-methyl/N-ethyl adjacent to an activating group) is 1. The van der Waals surface area contributed by atoms with Crippen LogP contribution in [0.2, 0.25) is 0 Å². The first-order valence-electron chi connectivity index (χ1n) is 12.7. The molecule has 1 N–H and O–H groups in total. The minimum atomic E-state index is -0.279. The van der Waals surface area contributed by atoms with Crippen LogP contribution in [0.3, 0.4) is 0 Å². The highest BCUT2D eigenvalue weighted by atomic mass is 32.1. The number of rotatable bonds is 8. The van der Waals surface area contributed by atoms with Crippen LogP contribution in [0.4, 0.5) is 23.0 Å². The third kappa shape index (κ3) is 5.64. The topological polar surface area (TPSA) is 73.8 Å². The molecule has 2 aromatic carbocycles. The standard InChI is InChI=1S/C29H32N6O2S/c1-5-26(36)30-21-7-6-8-24(19-21)37-28-27-25(13-18-38-27)31-29(32-28)35(20(2)3)23-11-9-22(10-12-23)34-16-14-33(4)15-17-34/h5-13,18-20H,1,14-17H2,2-4H3,(H,30,36). The lowest BCUT2D eigenvalue weighted by Crippen LogP contribution is -2.44. The van der Waals surface area contributed by atoms with Gasteiger partial charge in [0.05, 0.1) is 5.52 Å². The summed E-state index contributed by atoms with van der Waals surface area (Å²) in [6.07, 6.45) is 1.23.